The zero-order valence-electron chi connectivity index (χ0n) is 12.9. The van der Waals surface area contributed by atoms with E-state index < -0.39 is 10.1 Å². The van der Waals surface area contributed by atoms with Crippen molar-refractivity contribution < 1.29 is 17.0 Å². The van der Waals surface area contributed by atoms with Crippen LogP contribution in [0.3, 0.4) is 0 Å². The highest BCUT2D eigenvalue weighted by Crippen LogP contribution is 2.24. The lowest BCUT2D eigenvalue weighted by atomic mass is 10.3. The van der Waals surface area contributed by atoms with Crippen LogP contribution in [0.5, 0.6) is 5.88 Å². The van der Waals surface area contributed by atoms with Gasteiger partial charge in [-0.1, -0.05) is 25.1 Å². The summed E-state index contributed by atoms with van der Waals surface area (Å²) in [6, 6.07) is 15.0. The number of aryl methyl sites for hydroxylation is 1. The normalized spacial score (nSPS) is 11.4. The van der Waals surface area contributed by atoms with Crippen LogP contribution in [0.2, 0.25) is 0 Å². The second kappa shape index (κ2) is 6.45. The minimum Gasteiger partial charge on any atom is -0.358 e. The SMILES string of the molecule is CCc1cc(OS(=O)(=O)c2ccccc2)n(-c2ccc(F)cc2)n1. The summed E-state index contributed by atoms with van der Waals surface area (Å²) in [7, 11) is -3.98. The van der Waals surface area contributed by atoms with Gasteiger partial charge in [-0.15, -0.1) is 0 Å². The molecule has 124 valence electrons. The molecular formula is C17H15FN2O3S. The summed E-state index contributed by atoms with van der Waals surface area (Å²) in [6.45, 7) is 1.90. The molecule has 0 spiro atoms. The third-order valence-electron chi connectivity index (χ3n) is 3.39. The predicted molar refractivity (Wildman–Crippen MR) is 87.2 cm³/mol. The molecule has 1 aromatic heterocycles. The van der Waals surface area contributed by atoms with Crippen molar-refractivity contribution in [2.75, 3.05) is 0 Å². The molecule has 7 heteroatoms. The van der Waals surface area contributed by atoms with E-state index in [1.54, 1.807) is 24.3 Å². The summed E-state index contributed by atoms with van der Waals surface area (Å²) in [5, 5.41) is 4.31. The molecule has 24 heavy (non-hydrogen) atoms. The molecule has 0 aliphatic rings. The van der Waals surface area contributed by atoms with E-state index in [-0.39, 0.29) is 16.6 Å². The molecule has 0 fully saturated rings. The van der Waals surface area contributed by atoms with E-state index in [1.165, 1.54) is 41.1 Å². The minimum absolute atomic E-state index is 0.0508. The lowest BCUT2D eigenvalue weighted by molar-refractivity contribution is 0.465. The van der Waals surface area contributed by atoms with Crippen molar-refractivity contribution in [1.82, 2.24) is 9.78 Å². The third-order valence-corrected chi connectivity index (χ3v) is 4.63. The van der Waals surface area contributed by atoms with E-state index in [2.05, 4.69) is 5.10 Å². The van der Waals surface area contributed by atoms with Crippen molar-refractivity contribution in [2.24, 2.45) is 0 Å². The van der Waals surface area contributed by atoms with Gasteiger partial charge in [-0.05, 0) is 42.8 Å². The molecule has 0 saturated heterocycles. The van der Waals surface area contributed by atoms with Gasteiger partial charge < -0.3 is 4.18 Å². The van der Waals surface area contributed by atoms with Crippen LogP contribution >= 0.6 is 0 Å². The zero-order valence-corrected chi connectivity index (χ0v) is 13.7. The number of hydrogen-bond donors (Lipinski definition) is 0. The van der Waals surface area contributed by atoms with Crippen LogP contribution in [0.4, 0.5) is 4.39 Å². The van der Waals surface area contributed by atoms with E-state index >= 15 is 0 Å². The van der Waals surface area contributed by atoms with Gasteiger partial charge in [0.1, 0.15) is 10.7 Å². The van der Waals surface area contributed by atoms with Crippen LogP contribution in [0.1, 0.15) is 12.6 Å². The molecule has 0 bridgehead atoms. The highest BCUT2D eigenvalue weighted by Gasteiger charge is 2.20. The standard InChI is InChI=1S/C17H15FN2O3S/c1-2-14-12-17(20(19-14)15-10-8-13(18)9-11-15)23-24(21,22)16-6-4-3-5-7-16/h3-12H,2H2,1H3. The van der Waals surface area contributed by atoms with E-state index in [0.29, 0.717) is 17.8 Å². The van der Waals surface area contributed by atoms with Gasteiger partial charge in [0.15, 0.2) is 0 Å². The number of hydrogen-bond acceptors (Lipinski definition) is 4. The molecule has 0 aliphatic heterocycles. The summed E-state index contributed by atoms with van der Waals surface area (Å²) < 4.78 is 44.5. The number of rotatable bonds is 5. The van der Waals surface area contributed by atoms with Crippen LogP contribution in [0.25, 0.3) is 5.69 Å². The fourth-order valence-electron chi connectivity index (χ4n) is 2.16. The van der Waals surface area contributed by atoms with Crippen LogP contribution in [0, 0.1) is 5.82 Å². The molecule has 0 atom stereocenters. The summed E-state index contributed by atoms with van der Waals surface area (Å²) >= 11 is 0. The fourth-order valence-corrected chi connectivity index (χ4v) is 3.09. The Morgan fingerprint density at radius 1 is 1.08 bits per heavy atom. The number of aromatic nitrogens is 2. The Balaban J connectivity index is 2.02. The molecule has 2 aromatic carbocycles. The van der Waals surface area contributed by atoms with Crippen LogP contribution in [0.15, 0.2) is 65.6 Å². The van der Waals surface area contributed by atoms with Crippen molar-refractivity contribution in [1.29, 1.82) is 0 Å². The van der Waals surface area contributed by atoms with E-state index in [0.717, 1.165) is 0 Å². The Hall–Kier alpha value is -2.67. The topological polar surface area (TPSA) is 61.2 Å². The molecule has 0 aliphatic carbocycles. The van der Waals surface area contributed by atoms with Crippen LogP contribution < -0.4 is 4.18 Å². The number of benzene rings is 2. The Bertz CT molecular complexity index is 936. The van der Waals surface area contributed by atoms with Gasteiger partial charge in [-0.3, -0.25) is 0 Å². The molecule has 3 rings (SSSR count). The first-order valence-electron chi connectivity index (χ1n) is 7.34. The summed E-state index contributed by atoms with van der Waals surface area (Å²) in [5.41, 5.74) is 1.17. The Morgan fingerprint density at radius 3 is 2.38 bits per heavy atom. The molecular weight excluding hydrogens is 331 g/mol. The average Bonchev–Trinajstić information content (AvgIpc) is 2.98. The number of halogens is 1. The van der Waals surface area contributed by atoms with Gasteiger partial charge in [-0.25, -0.2) is 4.39 Å². The van der Waals surface area contributed by atoms with Gasteiger partial charge in [0.05, 0.1) is 11.4 Å². The summed E-state index contributed by atoms with van der Waals surface area (Å²) in [5.74, 6) is -0.330. The maximum atomic E-state index is 13.1. The molecule has 0 saturated carbocycles. The summed E-state index contributed by atoms with van der Waals surface area (Å²) in [6.07, 6.45) is 0.607. The van der Waals surface area contributed by atoms with Crippen molar-refractivity contribution in [3.8, 4) is 11.6 Å². The van der Waals surface area contributed by atoms with Crippen molar-refractivity contribution in [3.63, 3.8) is 0 Å². The van der Waals surface area contributed by atoms with Gasteiger partial charge in [0.25, 0.3) is 0 Å². The lowest BCUT2D eigenvalue weighted by Gasteiger charge is -2.09. The Kier molecular flexibility index (Phi) is 4.35. The van der Waals surface area contributed by atoms with Gasteiger partial charge in [0.2, 0.25) is 5.88 Å². The number of nitrogens with zero attached hydrogens (tertiary/aromatic N) is 2. The fraction of sp³-hybridized carbons (Fsp3) is 0.118. The van der Waals surface area contributed by atoms with Gasteiger partial charge in [-0.2, -0.15) is 18.2 Å². The molecule has 0 amide bonds. The second-order valence-electron chi connectivity index (χ2n) is 5.07. The average molecular weight is 346 g/mol. The monoisotopic (exact) mass is 346 g/mol. The maximum absolute atomic E-state index is 13.1. The molecule has 1 heterocycles. The maximum Gasteiger partial charge on any atom is 0.340 e. The molecule has 0 N–H and O–H groups in total. The minimum atomic E-state index is -3.98. The predicted octanol–water partition coefficient (Wildman–Crippen LogP) is 3.34. The van der Waals surface area contributed by atoms with Gasteiger partial charge in [0, 0.05) is 6.07 Å². The van der Waals surface area contributed by atoms with Crippen molar-refractivity contribution in [3.05, 3.63) is 72.2 Å². The highest BCUT2D eigenvalue weighted by atomic mass is 32.2. The summed E-state index contributed by atoms with van der Waals surface area (Å²) in [4.78, 5) is 0.0508. The second-order valence-corrected chi connectivity index (χ2v) is 6.61. The Morgan fingerprint density at radius 2 is 1.75 bits per heavy atom. The molecule has 0 radical (unpaired) electrons. The molecule has 3 aromatic rings. The first-order chi connectivity index (χ1) is 11.5. The zero-order chi connectivity index (χ0) is 17.2. The van der Waals surface area contributed by atoms with Crippen molar-refractivity contribution in [2.45, 2.75) is 18.2 Å². The Labute approximate surface area is 139 Å². The van der Waals surface area contributed by atoms with E-state index in [1.807, 2.05) is 6.92 Å². The molecule has 5 nitrogen and oxygen atoms in total. The van der Waals surface area contributed by atoms with E-state index in [9.17, 15) is 12.8 Å². The largest absolute Gasteiger partial charge is 0.358 e. The lowest BCUT2D eigenvalue weighted by Crippen LogP contribution is -2.12. The first kappa shape index (κ1) is 16.2. The first-order valence-corrected chi connectivity index (χ1v) is 8.75. The van der Waals surface area contributed by atoms with Crippen LogP contribution in [-0.4, -0.2) is 18.2 Å². The smallest absolute Gasteiger partial charge is 0.340 e. The van der Waals surface area contributed by atoms with Gasteiger partial charge >= 0.3 is 10.1 Å². The highest BCUT2D eigenvalue weighted by molar-refractivity contribution is 7.87. The van der Waals surface area contributed by atoms with Crippen molar-refractivity contribution >= 4 is 10.1 Å². The van der Waals surface area contributed by atoms with E-state index in [4.69, 9.17) is 4.18 Å². The van der Waals surface area contributed by atoms with Crippen LogP contribution in [-0.2, 0) is 16.5 Å². The third kappa shape index (κ3) is 3.30. The molecule has 0 unspecified atom stereocenters. The quantitative estimate of drug-likeness (QED) is 0.665.